The van der Waals surface area contributed by atoms with Gasteiger partial charge in [-0.05, 0) is 17.7 Å². The van der Waals surface area contributed by atoms with Gasteiger partial charge in [0.2, 0.25) is 0 Å². The minimum atomic E-state index is -5.00. The quantitative estimate of drug-likeness (QED) is 0.687. The average Bonchev–Trinajstić information content (AvgIpc) is 2.25. The van der Waals surface area contributed by atoms with Crippen molar-refractivity contribution in [2.75, 3.05) is 0 Å². The van der Waals surface area contributed by atoms with Gasteiger partial charge >= 0.3 is 6.18 Å². The first-order valence-corrected chi connectivity index (χ1v) is 4.85. The summed E-state index contributed by atoms with van der Waals surface area (Å²) in [7, 11) is 0. The molecule has 0 radical (unpaired) electrons. The molecule has 0 atom stereocenters. The molecule has 0 saturated heterocycles. The summed E-state index contributed by atoms with van der Waals surface area (Å²) in [5.41, 5.74) is 0.666. The van der Waals surface area contributed by atoms with Gasteiger partial charge in [-0.25, -0.2) is 13.8 Å². The Balaban J connectivity index is 3.62. The largest absolute Gasteiger partial charge is 0.433 e. The van der Waals surface area contributed by atoms with Gasteiger partial charge in [-0.1, -0.05) is 0 Å². The van der Waals surface area contributed by atoms with Gasteiger partial charge in [-0.3, -0.25) is 4.79 Å². The predicted octanol–water partition coefficient (Wildman–Crippen LogP) is 2.88. The number of hydrogen-bond donors (Lipinski definition) is 1. The summed E-state index contributed by atoms with van der Waals surface area (Å²) in [6, 6.07) is 0.511. The molecule has 1 rings (SSSR count). The molecule has 100 valence electrons. The maximum absolute atomic E-state index is 12.6. The van der Waals surface area contributed by atoms with Gasteiger partial charge in [0.1, 0.15) is 11.4 Å². The monoisotopic (exact) mass is 288 g/mol. The Morgan fingerprint density at radius 1 is 1.44 bits per heavy atom. The Morgan fingerprint density at radius 2 is 2.00 bits per heavy atom. The molecule has 0 aromatic carbocycles. The van der Waals surface area contributed by atoms with Crippen LogP contribution in [0.1, 0.15) is 33.7 Å². The van der Waals surface area contributed by atoms with Gasteiger partial charge in [-0.2, -0.15) is 13.2 Å². The zero-order valence-corrected chi connectivity index (χ0v) is 9.32. The number of nitrogens with two attached hydrogens (primary N) is 1. The standard InChI is InChI=1S/C9H6ClF5N2O/c10-7(18)5-1-3(8(11)12)4(2-16)6(17-5)9(13,14)15/h1,8H,2,16H2. The summed E-state index contributed by atoms with van der Waals surface area (Å²) in [5.74, 6) is 0. The molecule has 2 N–H and O–H groups in total. The molecule has 0 aliphatic rings. The van der Waals surface area contributed by atoms with Crippen LogP contribution in [0.3, 0.4) is 0 Å². The lowest BCUT2D eigenvalue weighted by Crippen LogP contribution is -2.19. The number of aromatic nitrogens is 1. The van der Waals surface area contributed by atoms with Crippen LogP contribution in [0, 0.1) is 0 Å². The molecular weight excluding hydrogens is 283 g/mol. The van der Waals surface area contributed by atoms with Crippen LogP contribution in [0.15, 0.2) is 6.07 Å². The van der Waals surface area contributed by atoms with Gasteiger partial charge in [-0.15, -0.1) is 0 Å². The molecule has 0 fully saturated rings. The van der Waals surface area contributed by atoms with Crippen molar-refractivity contribution < 1.29 is 26.7 Å². The van der Waals surface area contributed by atoms with Crippen molar-refractivity contribution in [1.29, 1.82) is 0 Å². The third-order valence-corrected chi connectivity index (χ3v) is 2.26. The van der Waals surface area contributed by atoms with Crippen molar-refractivity contribution in [3.05, 3.63) is 28.6 Å². The van der Waals surface area contributed by atoms with E-state index in [9.17, 15) is 26.7 Å². The molecule has 0 bridgehead atoms. The van der Waals surface area contributed by atoms with E-state index in [1.165, 1.54) is 0 Å². The van der Waals surface area contributed by atoms with Gasteiger partial charge < -0.3 is 5.73 Å². The van der Waals surface area contributed by atoms with Gasteiger partial charge in [0.25, 0.3) is 11.7 Å². The highest BCUT2D eigenvalue weighted by atomic mass is 35.5. The molecule has 1 heterocycles. The number of alkyl halides is 5. The molecule has 0 amide bonds. The summed E-state index contributed by atoms with van der Waals surface area (Å²) < 4.78 is 63.1. The zero-order chi connectivity index (χ0) is 14.1. The van der Waals surface area contributed by atoms with Gasteiger partial charge in [0.05, 0.1) is 0 Å². The van der Waals surface area contributed by atoms with E-state index in [1.807, 2.05) is 0 Å². The van der Waals surface area contributed by atoms with Crippen LogP contribution in [-0.4, -0.2) is 10.2 Å². The van der Waals surface area contributed by atoms with Crippen LogP contribution in [0.25, 0.3) is 0 Å². The lowest BCUT2D eigenvalue weighted by Gasteiger charge is -2.15. The van der Waals surface area contributed by atoms with Crippen LogP contribution in [-0.2, 0) is 12.7 Å². The second-order valence-corrected chi connectivity index (χ2v) is 3.54. The smallest absolute Gasteiger partial charge is 0.326 e. The van der Waals surface area contributed by atoms with E-state index in [0.29, 0.717) is 6.07 Å². The lowest BCUT2D eigenvalue weighted by molar-refractivity contribution is -0.142. The van der Waals surface area contributed by atoms with E-state index in [4.69, 9.17) is 17.3 Å². The Labute approximate surface area is 103 Å². The number of hydrogen-bond acceptors (Lipinski definition) is 3. The summed E-state index contributed by atoms with van der Waals surface area (Å²) in [4.78, 5) is 13.7. The maximum Gasteiger partial charge on any atom is 0.433 e. The minimum Gasteiger partial charge on any atom is -0.326 e. The van der Waals surface area contributed by atoms with Crippen LogP contribution >= 0.6 is 11.6 Å². The fourth-order valence-electron chi connectivity index (χ4n) is 1.34. The van der Waals surface area contributed by atoms with E-state index in [1.54, 1.807) is 0 Å². The molecule has 3 nitrogen and oxygen atoms in total. The number of pyridine rings is 1. The van der Waals surface area contributed by atoms with Crippen LogP contribution in [0.5, 0.6) is 0 Å². The molecule has 18 heavy (non-hydrogen) atoms. The van der Waals surface area contributed by atoms with Crippen molar-refractivity contribution in [2.45, 2.75) is 19.1 Å². The third kappa shape index (κ3) is 2.94. The molecule has 1 aromatic heterocycles. The van der Waals surface area contributed by atoms with Crippen LogP contribution in [0.4, 0.5) is 22.0 Å². The zero-order valence-electron chi connectivity index (χ0n) is 8.56. The first-order valence-electron chi connectivity index (χ1n) is 4.47. The first-order chi connectivity index (χ1) is 8.18. The van der Waals surface area contributed by atoms with Gasteiger partial charge in [0, 0.05) is 17.7 Å². The van der Waals surface area contributed by atoms with Crippen LogP contribution in [0.2, 0.25) is 0 Å². The molecular formula is C9H6ClF5N2O. The maximum atomic E-state index is 12.6. The summed E-state index contributed by atoms with van der Waals surface area (Å²) in [5, 5.41) is -1.36. The summed E-state index contributed by atoms with van der Waals surface area (Å²) in [6.07, 6.45) is -8.22. The topological polar surface area (TPSA) is 56.0 Å². The first kappa shape index (κ1) is 14.8. The summed E-state index contributed by atoms with van der Waals surface area (Å²) in [6.45, 7) is -0.779. The van der Waals surface area contributed by atoms with Crippen molar-refractivity contribution in [3.63, 3.8) is 0 Å². The number of carbonyl (C=O) groups excluding carboxylic acids is 1. The van der Waals surface area contributed by atoms with Crippen molar-refractivity contribution >= 4 is 16.8 Å². The Hall–Kier alpha value is -1.28. The van der Waals surface area contributed by atoms with E-state index in [-0.39, 0.29) is 0 Å². The van der Waals surface area contributed by atoms with Crippen molar-refractivity contribution in [1.82, 2.24) is 4.98 Å². The van der Waals surface area contributed by atoms with E-state index in [0.717, 1.165) is 0 Å². The van der Waals surface area contributed by atoms with Crippen molar-refractivity contribution in [3.8, 4) is 0 Å². The number of nitrogens with zero attached hydrogens (tertiary/aromatic N) is 1. The molecule has 9 heteroatoms. The van der Waals surface area contributed by atoms with E-state index in [2.05, 4.69) is 4.98 Å². The summed E-state index contributed by atoms with van der Waals surface area (Å²) >= 11 is 4.95. The minimum absolute atomic E-state index is 0.511. The molecule has 0 aliphatic carbocycles. The SMILES string of the molecule is NCc1c(C(F)F)cc(C(=O)Cl)nc1C(F)(F)F. The molecule has 0 unspecified atom stereocenters. The second-order valence-electron chi connectivity index (χ2n) is 3.20. The number of halogens is 6. The Bertz CT molecular complexity index is 475. The molecule has 0 aliphatic heterocycles. The molecule has 0 spiro atoms. The fourth-order valence-corrected chi connectivity index (χ4v) is 1.43. The highest BCUT2D eigenvalue weighted by Gasteiger charge is 2.38. The molecule has 0 saturated carbocycles. The highest BCUT2D eigenvalue weighted by Crippen LogP contribution is 2.35. The number of rotatable bonds is 3. The molecule has 1 aromatic rings. The Morgan fingerprint density at radius 3 is 2.33 bits per heavy atom. The van der Waals surface area contributed by atoms with Gasteiger partial charge in [0.15, 0.2) is 0 Å². The van der Waals surface area contributed by atoms with Crippen LogP contribution < -0.4 is 5.73 Å². The third-order valence-electron chi connectivity index (χ3n) is 2.07. The fraction of sp³-hybridized carbons (Fsp3) is 0.333. The second kappa shape index (κ2) is 5.15. The van der Waals surface area contributed by atoms with E-state index < -0.39 is 46.9 Å². The van der Waals surface area contributed by atoms with Crippen molar-refractivity contribution in [2.24, 2.45) is 5.73 Å². The van der Waals surface area contributed by atoms with E-state index >= 15 is 0 Å². The highest BCUT2D eigenvalue weighted by molar-refractivity contribution is 6.67. The normalized spacial score (nSPS) is 12.0. The Kier molecular flexibility index (Phi) is 4.23. The predicted molar refractivity (Wildman–Crippen MR) is 52.3 cm³/mol. The average molecular weight is 289 g/mol. The lowest BCUT2D eigenvalue weighted by atomic mass is 10.0. The number of carbonyl (C=O) groups is 1.